The molecule has 0 aliphatic heterocycles. The van der Waals surface area contributed by atoms with Crippen LogP contribution in [0.25, 0.3) is 0 Å². The number of thiophene rings is 2. The van der Waals surface area contributed by atoms with E-state index in [1.807, 2.05) is 5.38 Å². The maximum atomic E-state index is 10.00. The number of aliphatic hydroxyl groups is 1. The third-order valence-electron chi connectivity index (χ3n) is 2.54. The highest BCUT2D eigenvalue weighted by Gasteiger charge is 2.11. The van der Waals surface area contributed by atoms with Crippen molar-refractivity contribution in [2.45, 2.75) is 25.9 Å². The first-order chi connectivity index (χ1) is 7.27. The summed E-state index contributed by atoms with van der Waals surface area (Å²) in [6.07, 6.45) is 1.46. The van der Waals surface area contributed by atoms with E-state index >= 15 is 0 Å². The summed E-state index contributed by atoms with van der Waals surface area (Å²) in [7, 11) is 0. The molecule has 2 aromatic heterocycles. The first-order valence-electron chi connectivity index (χ1n) is 4.99. The van der Waals surface area contributed by atoms with Crippen molar-refractivity contribution in [1.29, 1.82) is 0 Å². The Labute approximate surface area is 98.0 Å². The molecule has 0 bridgehead atoms. The Balaban J connectivity index is 1.93. The van der Waals surface area contributed by atoms with E-state index in [-0.39, 0.29) is 6.10 Å². The van der Waals surface area contributed by atoms with E-state index in [0.717, 1.165) is 18.4 Å². The molecule has 80 valence electrons. The van der Waals surface area contributed by atoms with Crippen LogP contribution in [0.4, 0.5) is 0 Å². The molecule has 0 spiro atoms. The van der Waals surface area contributed by atoms with Crippen LogP contribution < -0.4 is 0 Å². The number of hydrogen-bond donors (Lipinski definition) is 1. The lowest BCUT2D eigenvalue weighted by molar-refractivity contribution is 0.167. The first kappa shape index (κ1) is 10.9. The number of hydrogen-bond acceptors (Lipinski definition) is 3. The van der Waals surface area contributed by atoms with Crippen molar-refractivity contribution in [3.8, 4) is 0 Å². The minimum absolute atomic E-state index is 0.309. The van der Waals surface area contributed by atoms with E-state index in [1.165, 1.54) is 11.1 Å². The summed E-state index contributed by atoms with van der Waals surface area (Å²) >= 11 is 3.37. The third-order valence-corrected chi connectivity index (χ3v) is 4.15. The predicted octanol–water partition coefficient (Wildman–Crippen LogP) is 3.78. The summed E-state index contributed by atoms with van der Waals surface area (Å²) in [4.78, 5) is 0. The van der Waals surface area contributed by atoms with Gasteiger partial charge in [-0.15, -0.1) is 0 Å². The van der Waals surface area contributed by atoms with Crippen LogP contribution in [-0.2, 0) is 6.42 Å². The normalized spacial score (nSPS) is 12.9. The van der Waals surface area contributed by atoms with E-state index in [4.69, 9.17) is 0 Å². The highest BCUT2D eigenvalue weighted by molar-refractivity contribution is 7.08. The maximum Gasteiger partial charge on any atom is 0.0803 e. The molecule has 3 heteroatoms. The third kappa shape index (κ3) is 2.68. The van der Waals surface area contributed by atoms with Gasteiger partial charge in [-0.1, -0.05) is 0 Å². The van der Waals surface area contributed by atoms with Gasteiger partial charge in [0, 0.05) is 0 Å². The van der Waals surface area contributed by atoms with Gasteiger partial charge in [0.05, 0.1) is 6.10 Å². The second kappa shape index (κ2) is 4.92. The van der Waals surface area contributed by atoms with Crippen LogP contribution in [0, 0.1) is 6.92 Å². The number of aliphatic hydroxyl groups excluding tert-OH is 1. The van der Waals surface area contributed by atoms with Gasteiger partial charge in [-0.25, -0.2) is 0 Å². The Morgan fingerprint density at radius 2 is 2.13 bits per heavy atom. The predicted molar refractivity (Wildman–Crippen MR) is 66.7 cm³/mol. The van der Waals surface area contributed by atoms with Crippen LogP contribution >= 0.6 is 22.7 Å². The summed E-state index contributed by atoms with van der Waals surface area (Å²) in [5.74, 6) is 0. The van der Waals surface area contributed by atoms with Gasteiger partial charge in [-0.3, -0.25) is 0 Å². The van der Waals surface area contributed by atoms with Crippen molar-refractivity contribution in [1.82, 2.24) is 0 Å². The molecule has 0 saturated carbocycles. The molecule has 15 heavy (non-hydrogen) atoms. The fourth-order valence-electron chi connectivity index (χ4n) is 1.61. The van der Waals surface area contributed by atoms with E-state index in [2.05, 4.69) is 29.1 Å². The van der Waals surface area contributed by atoms with Crippen LogP contribution in [0.1, 0.15) is 29.2 Å². The molecular weight excluding hydrogens is 224 g/mol. The van der Waals surface area contributed by atoms with Gasteiger partial charge in [0.1, 0.15) is 0 Å². The summed E-state index contributed by atoms with van der Waals surface area (Å²) in [5, 5.41) is 18.4. The van der Waals surface area contributed by atoms with Crippen molar-refractivity contribution in [2.75, 3.05) is 0 Å². The maximum absolute atomic E-state index is 10.00. The lowest BCUT2D eigenvalue weighted by Crippen LogP contribution is -1.99. The molecule has 0 amide bonds. The summed E-state index contributed by atoms with van der Waals surface area (Å²) in [6, 6.07) is 2.12. The van der Waals surface area contributed by atoms with Gasteiger partial charge in [0.15, 0.2) is 0 Å². The van der Waals surface area contributed by atoms with E-state index in [0.29, 0.717) is 0 Å². The zero-order valence-corrected chi connectivity index (χ0v) is 10.3. The van der Waals surface area contributed by atoms with E-state index in [1.54, 1.807) is 22.7 Å². The minimum Gasteiger partial charge on any atom is -0.388 e. The molecule has 0 aliphatic carbocycles. The molecule has 2 aromatic rings. The topological polar surface area (TPSA) is 20.2 Å². The van der Waals surface area contributed by atoms with Gasteiger partial charge in [-0.05, 0) is 64.0 Å². The van der Waals surface area contributed by atoms with Crippen LogP contribution in [-0.4, -0.2) is 5.11 Å². The van der Waals surface area contributed by atoms with Crippen molar-refractivity contribution >= 4 is 22.7 Å². The van der Waals surface area contributed by atoms with Crippen molar-refractivity contribution in [3.05, 3.63) is 44.3 Å². The molecule has 2 rings (SSSR count). The molecule has 0 fully saturated rings. The molecule has 1 N–H and O–H groups in total. The summed E-state index contributed by atoms with van der Waals surface area (Å²) < 4.78 is 0. The van der Waals surface area contributed by atoms with Gasteiger partial charge in [0.2, 0.25) is 0 Å². The van der Waals surface area contributed by atoms with Crippen LogP contribution in [0.5, 0.6) is 0 Å². The van der Waals surface area contributed by atoms with Gasteiger partial charge in [-0.2, -0.15) is 22.7 Å². The molecule has 1 atom stereocenters. The number of rotatable bonds is 4. The monoisotopic (exact) mass is 238 g/mol. The standard InChI is InChI=1S/C12H14OS2/c1-9-6-15-8-11(9)12(13)3-2-10-4-5-14-7-10/h4-8,12-13H,2-3H2,1H3. The molecule has 0 aliphatic rings. The lowest BCUT2D eigenvalue weighted by atomic mass is 10.0. The molecule has 1 unspecified atom stereocenters. The quantitative estimate of drug-likeness (QED) is 0.859. The molecule has 0 radical (unpaired) electrons. The number of aryl methyl sites for hydroxylation is 2. The smallest absolute Gasteiger partial charge is 0.0803 e. The molecule has 0 aromatic carbocycles. The molecule has 1 nitrogen and oxygen atoms in total. The minimum atomic E-state index is -0.309. The van der Waals surface area contributed by atoms with Crippen molar-refractivity contribution in [3.63, 3.8) is 0 Å². The van der Waals surface area contributed by atoms with E-state index < -0.39 is 0 Å². The SMILES string of the molecule is Cc1cscc1C(O)CCc1ccsc1. The van der Waals surface area contributed by atoms with Crippen LogP contribution in [0.15, 0.2) is 27.6 Å². The van der Waals surface area contributed by atoms with Crippen LogP contribution in [0.2, 0.25) is 0 Å². The zero-order valence-electron chi connectivity index (χ0n) is 8.64. The summed E-state index contributed by atoms with van der Waals surface area (Å²) in [6.45, 7) is 2.06. The van der Waals surface area contributed by atoms with Crippen LogP contribution in [0.3, 0.4) is 0 Å². The Kier molecular flexibility index (Phi) is 3.57. The fourth-order valence-corrected chi connectivity index (χ4v) is 3.21. The Bertz CT molecular complexity index is 403. The average Bonchev–Trinajstić information content (AvgIpc) is 2.84. The molecule has 2 heterocycles. The van der Waals surface area contributed by atoms with E-state index in [9.17, 15) is 5.11 Å². The Morgan fingerprint density at radius 1 is 1.27 bits per heavy atom. The van der Waals surface area contributed by atoms with Gasteiger partial charge < -0.3 is 5.11 Å². The highest BCUT2D eigenvalue weighted by atomic mass is 32.1. The summed E-state index contributed by atoms with van der Waals surface area (Å²) in [5.41, 5.74) is 3.62. The van der Waals surface area contributed by atoms with Gasteiger partial charge in [0.25, 0.3) is 0 Å². The Morgan fingerprint density at radius 3 is 2.73 bits per heavy atom. The zero-order chi connectivity index (χ0) is 10.7. The first-order valence-corrected chi connectivity index (χ1v) is 6.88. The molecular formula is C12H14OS2. The van der Waals surface area contributed by atoms with Crippen molar-refractivity contribution in [2.24, 2.45) is 0 Å². The fraction of sp³-hybridized carbons (Fsp3) is 0.333. The molecule has 0 saturated heterocycles. The Hall–Kier alpha value is -0.640. The van der Waals surface area contributed by atoms with Crippen molar-refractivity contribution < 1.29 is 5.11 Å². The highest BCUT2D eigenvalue weighted by Crippen LogP contribution is 2.25. The van der Waals surface area contributed by atoms with Gasteiger partial charge >= 0.3 is 0 Å². The largest absolute Gasteiger partial charge is 0.388 e. The lowest BCUT2D eigenvalue weighted by Gasteiger charge is -2.09. The second-order valence-corrected chi connectivity index (χ2v) is 5.22. The second-order valence-electron chi connectivity index (χ2n) is 3.70. The average molecular weight is 238 g/mol.